The molecule has 0 aromatic heterocycles. The summed E-state index contributed by atoms with van der Waals surface area (Å²) in [6.45, 7) is 8.77. The van der Waals surface area contributed by atoms with Crippen LogP contribution in [0.2, 0.25) is 0 Å². The first-order valence-electron chi connectivity index (χ1n) is 3.47. The van der Waals surface area contributed by atoms with E-state index >= 15 is 0 Å². The Bertz CT molecular complexity index is 75.5. The van der Waals surface area contributed by atoms with Crippen LogP contribution in [0, 0.1) is 5.41 Å². The topological polar surface area (TPSA) is 0 Å². The molecule has 0 saturated carbocycles. The molecule has 0 N–H and O–H groups in total. The first-order valence-corrected chi connectivity index (χ1v) is 4.76. The van der Waals surface area contributed by atoms with Crippen molar-refractivity contribution >= 4 is 16.4 Å². The van der Waals surface area contributed by atoms with E-state index in [0.717, 1.165) is 8.58 Å². The van der Waals surface area contributed by atoms with Crippen LogP contribution in [0.1, 0.15) is 27.7 Å². The fourth-order valence-electron chi connectivity index (χ4n) is 0.526. The van der Waals surface area contributed by atoms with Gasteiger partial charge in [0.05, 0.1) is 7.85 Å². The molecule has 0 nitrogen and oxygen atoms in total. The van der Waals surface area contributed by atoms with Gasteiger partial charge >= 0.3 is 0 Å². The summed E-state index contributed by atoms with van der Waals surface area (Å²) in [5.41, 5.74) is 0.691. The molecular formula is C7H16BP. The van der Waals surface area contributed by atoms with Crippen LogP contribution in [0.15, 0.2) is 0 Å². The van der Waals surface area contributed by atoms with Crippen molar-refractivity contribution in [3.05, 3.63) is 0 Å². The first kappa shape index (κ1) is 9.49. The molecule has 2 heteroatoms. The molecule has 52 valence electrons. The molecule has 0 bridgehead atoms. The minimum Gasteiger partial charge on any atom is -0.128 e. The van der Waals surface area contributed by atoms with Crippen molar-refractivity contribution in [2.45, 2.75) is 33.3 Å². The van der Waals surface area contributed by atoms with Gasteiger partial charge in [-0.3, -0.25) is 0 Å². The lowest BCUT2D eigenvalue weighted by Gasteiger charge is -2.27. The van der Waals surface area contributed by atoms with Crippen molar-refractivity contribution in [2.24, 2.45) is 5.41 Å². The Kier molecular flexibility index (Phi) is 3.81. The molecular weight excluding hydrogens is 126 g/mol. The standard InChI is InChI=1S/C7H16BP/c1-5-9-6(8)7(2,3)4/h6,9H,5H2,1-4H3. The fourth-order valence-corrected chi connectivity index (χ4v) is 1.58. The predicted octanol–water partition coefficient (Wildman–Crippen LogP) is 2.23. The van der Waals surface area contributed by atoms with Crippen LogP contribution < -0.4 is 0 Å². The minimum atomic E-state index is 0.300. The lowest BCUT2D eigenvalue weighted by atomic mass is 9.80. The Morgan fingerprint density at radius 1 is 1.44 bits per heavy atom. The van der Waals surface area contributed by atoms with Crippen LogP contribution in [-0.2, 0) is 0 Å². The van der Waals surface area contributed by atoms with E-state index in [-0.39, 0.29) is 0 Å². The average Bonchev–Trinajstić information content (AvgIpc) is 1.64. The highest BCUT2D eigenvalue weighted by Crippen LogP contribution is 2.31. The van der Waals surface area contributed by atoms with Gasteiger partial charge in [-0.2, -0.15) is 0 Å². The molecule has 0 heterocycles. The van der Waals surface area contributed by atoms with Crippen LogP contribution in [-0.4, -0.2) is 19.6 Å². The summed E-state index contributed by atoms with van der Waals surface area (Å²) in [4.78, 5) is 0. The quantitative estimate of drug-likeness (QED) is 0.409. The zero-order valence-electron chi connectivity index (χ0n) is 6.86. The number of hydrogen-bond donors (Lipinski definition) is 0. The molecule has 2 unspecified atom stereocenters. The van der Waals surface area contributed by atoms with E-state index in [4.69, 9.17) is 7.85 Å². The van der Waals surface area contributed by atoms with Crippen LogP contribution in [0.4, 0.5) is 0 Å². The maximum atomic E-state index is 5.87. The molecule has 0 rings (SSSR count). The largest absolute Gasteiger partial charge is 0.128 e. The minimum absolute atomic E-state index is 0.300. The van der Waals surface area contributed by atoms with E-state index in [2.05, 4.69) is 27.7 Å². The third kappa shape index (κ3) is 3.97. The number of rotatable bonds is 2. The Balaban J connectivity index is 3.59. The van der Waals surface area contributed by atoms with E-state index in [1.54, 1.807) is 0 Å². The maximum Gasteiger partial charge on any atom is 0.0766 e. The van der Waals surface area contributed by atoms with Crippen LogP contribution in [0.3, 0.4) is 0 Å². The monoisotopic (exact) mass is 142 g/mol. The van der Waals surface area contributed by atoms with Crippen molar-refractivity contribution in [1.82, 2.24) is 0 Å². The second-order valence-corrected chi connectivity index (χ2v) is 5.14. The highest BCUT2D eigenvalue weighted by molar-refractivity contribution is 7.41. The lowest BCUT2D eigenvalue weighted by molar-refractivity contribution is 0.452. The van der Waals surface area contributed by atoms with Gasteiger partial charge in [-0.25, -0.2) is 0 Å². The van der Waals surface area contributed by atoms with Crippen LogP contribution >= 0.6 is 8.58 Å². The summed E-state index contributed by atoms with van der Waals surface area (Å²) in [6, 6.07) is 0. The third-order valence-electron chi connectivity index (χ3n) is 1.36. The molecule has 2 radical (unpaired) electrons. The summed E-state index contributed by atoms with van der Waals surface area (Å²) >= 11 is 0. The van der Waals surface area contributed by atoms with Gasteiger partial charge in [0, 0.05) is 0 Å². The van der Waals surface area contributed by atoms with Crippen LogP contribution in [0.5, 0.6) is 0 Å². The van der Waals surface area contributed by atoms with Gasteiger partial charge in [-0.15, -0.1) is 8.58 Å². The molecule has 0 fully saturated rings. The highest BCUT2D eigenvalue weighted by Gasteiger charge is 2.17. The second kappa shape index (κ2) is 3.61. The molecule has 0 aromatic rings. The van der Waals surface area contributed by atoms with Gasteiger partial charge in [0.1, 0.15) is 0 Å². The van der Waals surface area contributed by atoms with Gasteiger partial charge in [0.15, 0.2) is 0 Å². The van der Waals surface area contributed by atoms with Gasteiger partial charge < -0.3 is 0 Å². The van der Waals surface area contributed by atoms with Crippen molar-refractivity contribution in [3.63, 3.8) is 0 Å². The molecule has 0 aliphatic heterocycles. The lowest BCUT2D eigenvalue weighted by Crippen LogP contribution is -2.22. The third-order valence-corrected chi connectivity index (χ3v) is 3.07. The van der Waals surface area contributed by atoms with Crippen molar-refractivity contribution in [2.75, 3.05) is 6.16 Å². The normalized spacial score (nSPS) is 16.9. The Labute approximate surface area is 62.0 Å². The zero-order chi connectivity index (χ0) is 7.49. The summed E-state index contributed by atoms with van der Waals surface area (Å²) < 4.78 is 0. The maximum absolute atomic E-state index is 5.87. The Hall–Kier alpha value is 0.495. The smallest absolute Gasteiger partial charge is 0.0766 e. The Morgan fingerprint density at radius 3 is 2.00 bits per heavy atom. The van der Waals surface area contributed by atoms with Gasteiger partial charge in [-0.05, 0) is 11.6 Å². The molecule has 9 heavy (non-hydrogen) atoms. The average molecular weight is 142 g/mol. The molecule has 0 saturated heterocycles. The van der Waals surface area contributed by atoms with Crippen LogP contribution in [0.25, 0.3) is 0 Å². The Morgan fingerprint density at radius 2 is 1.89 bits per heavy atom. The highest BCUT2D eigenvalue weighted by atomic mass is 31.1. The van der Waals surface area contributed by atoms with Gasteiger partial charge in [0.2, 0.25) is 0 Å². The van der Waals surface area contributed by atoms with E-state index in [9.17, 15) is 0 Å². The SMILES string of the molecule is [B]C(PCC)C(C)(C)C. The van der Waals surface area contributed by atoms with E-state index in [0.29, 0.717) is 11.0 Å². The molecule has 0 aliphatic carbocycles. The second-order valence-electron chi connectivity index (χ2n) is 3.40. The summed E-state index contributed by atoms with van der Waals surface area (Å²) in [7, 11) is 6.79. The van der Waals surface area contributed by atoms with E-state index in [1.165, 1.54) is 6.16 Å². The van der Waals surface area contributed by atoms with E-state index in [1.807, 2.05) is 0 Å². The molecule has 2 atom stereocenters. The molecule has 0 amide bonds. The van der Waals surface area contributed by atoms with Gasteiger partial charge in [0.25, 0.3) is 0 Å². The molecule has 0 spiro atoms. The number of hydrogen-bond acceptors (Lipinski definition) is 0. The van der Waals surface area contributed by atoms with Crippen molar-refractivity contribution in [3.8, 4) is 0 Å². The fraction of sp³-hybridized carbons (Fsp3) is 1.00. The van der Waals surface area contributed by atoms with E-state index < -0.39 is 0 Å². The summed E-state index contributed by atoms with van der Waals surface area (Å²) in [6.07, 6.45) is 1.22. The molecule has 0 aliphatic rings. The zero-order valence-corrected chi connectivity index (χ0v) is 7.86. The van der Waals surface area contributed by atoms with Crippen molar-refractivity contribution < 1.29 is 0 Å². The summed E-state index contributed by atoms with van der Waals surface area (Å²) in [5, 5.41) is 0. The van der Waals surface area contributed by atoms with Crippen molar-refractivity contribution in [1.29, 1.82) is 0 Å². The van der Waals surface area contributed by atoms with Gasteiger partial charge in [-0.1, -0.05) is 33.3 Å². The summed E-state index contributed by atoms with van der Waals surface area (Å²) in [5.74, 6) is 0. The first-order chi connectivity index (χ1) is 3.98. The predicted molar refractivity (Wildman–Crippen MR) is 47.9 cm³/mol. The molecule has 0 aromatic carbocycles.